The highest BCUT2D eigenvalue weighted by Crippen LogP contribution is 2.32. The minimum Gasteiger partial charge on any atom is -0.487 e. The summed E-state index contributed by atoms with van der Waals surface area (Å²) in [5.41, 5.74) is 4.44. The lowest BCUT2D eigenvalue weighted by Gasteiger charge is -2.26. The molecule has 0 aliphatic carbocycles. The van der Waals surface area contributed by atoms with Crippen molar-refractivity contribution in [3.05, 3.63) is 89.1 Å². The largest absolute Gasteiger partial charge is 0.487 e. The van der Waals surface area contributed by atoms with E-state index in [1.165, 1.54) is 16.7 Å². The van der Waals surface area contributed by atoms with Gasteiger partial charge in [0, 0.05) is 18.5 Å². The summed E-state index contributed by atoms with van der Waals surface area (Å²) in [5.74, 6) is 2.05. The van der Waals surface area contributed by atoms with E-state index in [4.69, 9.17) is 9.26 Å². The molecule has 2 heterocycles. The van der Waals surface area contributed by atoms with Crippen molar-refractivity contribution in [3.8, 4) is 17.4 Å². The van der Waals surface area contributed by atoms with Crippen LogP contribution in [0.3, 0.4) is 0 Å². The van der Waals surface area contributed by atoms with E-state index in [1.807, 2.05) is 18.2 Å². The molecule has 0 fully saturated rings. The fourth-order valence-corrected chi connectivity index (χ4v) is 3.24. The van der Waals surface area contributed by atoms with Crippen LogP contribution in [-0.4, -0.2) is 20.1 Å². The van der Waals surface area contributed by atoms with Crippen molar-refractivity contribution in [2.75, 3.05) is 0 Å². The van der Waals surface area contributed by atoms with Gasteiger partial charge in [-0.1, -0.05) is 61.0 Å². The zero-order valence-electron chi connectivity index (χ0n) is 17.6. The smallest absolute Gasteiger partial charge is 0.240 e. The van der Waals surface area contributed by atoms with Gasteiger partial charge < -0.3 is 9.26 Å². The predicted molar refractivity (Wildman–Crippen MR) is 114 cm³/mol. The summed E-state index contributed by atoms with van der Waals surface area (Å²) >= 11 is 0. The first-order valence-electron chi connectivity index (χ1n) is 9.85. The molecule has 2 aromatic carbocycles. The van der Waals surface area contributed by atoms with Gasteiger partial charge in [-0.15, -0.1) is 0 Å². The molecule has 6 nitrogen and oxygen atoms in total. The number of aromatic nitrogens is 4. The van der Waals surface area contributed by atoms with Crippen molar-refractivity contribution in [2.45, 2.75) is 39.7 Å². The van der Waals surface area contributed by atoms with Gasteiger partial charge in [-0.05, 0) is 36.2 Å². The van der Waals surface area contributed by atoms with Gasteiger partial charge in [0.05, 0.1) is 5.69 Å². The number of rotatable bonds is 6. The molecular formula is C24H24N4O2. The molecule has 4 aromatic rings. The second-order valence-electron chi connectivity index (χ2n) is 7.81. The van der Waals surface area contributed by atoms with Gasteiger partial charge in [-0.2, -0.15) is 4.98 Å². The minimum atomic E-state index is -0.0868. The fourth-order valence-electron chi connectivity index (χ4n) is 3.24. The van der Waals surface area contributed by atoms with Crippen LogP contribution in [0.4, 0.5) is 0 Å². The Morgan fingerprint density at radius 3 is 2.13 bits per heavy atom. The summed E-state index contributed by atoms with van der Waals surface area (Å²) in [5, 5.41) is 3.86. The molecule has 0 saturated carbocycles. The molecule has 0 amide bonds. The third-order valence-electron chi connectivity index (χ3n) is 5.18. The summed E-state index contributed by atoms with van der Waals surface area (Å²) < 4.78 is 10.9. The maximum Gasteiger partial charge on any atom is 0.240 e. The Morgan fingerprint density at radius 2 is 1.50 bits per heavy atom. The number of nitrogens with zero attached hydrogens (tertiary/aromatic N) is 4. The van der Waals surface area contributed by atoms with E-state index in [2.05, 4.69) is 77.3 Å². The van der Waals surface area contributed by atoms with Gasteiger partial charge >= 0.3 is 0 Å². The molecule has 6 heteroatoms. The van der Waals surface area contributed by atoms with Crippen molar-refractivity contribution in [1.29, 1.82) is 0 Å². The van der Waals surface area contributed by atoms with Crippen LogP contribution in [-0.2, 0) is 12.0 Å². The van der Waals surface area contributed by atoms with Gasteiger partial charge in [0.1, 0.15) is 12.4 Å². The molecule has 2 aromatic heterocycles. The predicted octanol–water partition coefficient (Wildman–Crippen LogP) is 5.05. The van der Waals surface area contributed by atoms with Crippen molar-refractivity contribution in [2.24, 2.45) is 0 Å². The van der Waals surface area contributed by atoms with E-state index in [9.17, 15) is 0 Å². The van der Waals surface area contributed by atoms with E-state index in [0.29, 0.717) is 24.1 Å². The first kappa shape index (κ1) is 19.8. The van der Waals surface area contributed by atoms with Crippen molar-refractivity contribution in [1.82, 2.24) is 20.1 Å². The van der Waals surface area contributed by atoms with Crippen molar-refractivity contribution >= 4 is 0 Å². The first-order chi connectivity index (χ1) is 14.4. The molecule has 0 aliphatic rings. The van der Waals surface area contributed by atoms with E-state index < -0.39 is 0 Å². The zero-order valence-corrected chi connectivity index (χ0v) is 17.6. The lowest BCUT2D eigenvalue weighted by Crippen LogP contribution is -2.18. The van der Waals surface area contributed by atoms with Crippen LogP contribution >= 0.6 is 0 Å². The fraction of sp³-hybridized carbons (Fsp3) is 0.250. The van der Waals surface area contributed by atoms with E-state index >= 15 is 0 Å². The summed E-state index contributed by atoms with van der Waals surface area (Å²) in [4.78, 5) is 12.8. The Kier molecular flexibility index (Phi) is 5.31. The third-order valence-corrected chi connectivity index (χ3v) is 5.18. The van der Waals surface area contributed by atoms with Gasteiger partial charge in [0.25, 0.3) is 0 Å². The van der Waals surface area contributed by atoms with E-state index in [-0.39, 0.29) is 5.41 Å². The highest BCUT2D eigenvalue weighted by Gasteiger charge is 2.22. The Hall–Kier alpha value is -3.54. The molecule has 0 N–H and O–H groups in total. The van der Waals surface area contributed by atoms with Crippen LogP contribution in [0.15, 0.2) is 65.3 Å². The van der Waals surface area contributed by atoms with E-state index in [0.717, 1.165) is 11.4 Å². The quantitative estimate of drug-likeness (QED) is 0.451. The Bertz CT molecular complexity index is 1130. The van der Waals surface area contributed by atoms with Crippen molar-refractivity contribution < 1.29 is 9.26 Å². The molecular weight excluding hydrogens is 376 g/mol. The van der Waals surface area contributed by atoms with Gasteiger partial charge in [0.15, 0.2) is 0 Å². The molecule has 0 bridgehead atoms. The number of hydrogen-bond donors (Lipinski definition) is 0. The van der Waals surface area contributed by atoms with Gasteiger partial charge in [0.2, 0.25) is 17.5 Å². The molecule has 0 spiro atoms. The summed E-state index contributed by atoms with van der Waals surface area (Å²) in [6.07, 6.45) is 1.67. The second-order valence-corrected chi connectivity index (χ2v) is 7.81. The molecule has 0 radical (unpaired) electrons. The first-order valence-corrected chi connectivity index (χ1v) is 9.85. The van der Waals surface area contributed by atoms with Crippen LogP contribution in [0.2, 0.25) is 0 Å². The topological polar surface area (TPSA) is 73.9 Å². The van der Waals surface area contributed by atoms with Crippen LogP contribution < -0.4 is 4.74 Å². The highest BCUT2D eigenvalue weighted by molar-refractivity contribution is 5.42. The maximum atomic E-state index is 5.92. The molecule has 0 aliphatic heterocycles. The molecule has 0 unspecified atom stereocenters. The average molecular weight is 400 g/mol. The summed E-state index contributed by atoms with van der Waals surface area (Å²) in [6.45, 7) is 8.62. The molecule has 4 rings (SSSR count). The number of hydrogen-bond acceptors (Lipinski definition) is 6. The Morgan fingerprint density at radius 1 is 0.833 bits per heavy atom. The average Bonchev–Trinajstić information content (AvgIpc) is 3.19. The highest BCUT2D eigenvalue weighted by atomic mass is 16.5. The number of ether oxygens (including phenoxy) is 1. The molecule has 0 saturated heterocycles. The van der Waals surface area contributed by atoms with E-state index in [1.54, 1.807) is 13.1 Å². The Balaban J connectivity index is 1.45. The van der Waals surface area contributed by atoms with Crippen LogP contribution in [0.5, 0.6) is 5.75 Å². The molecule has 0 atom stereocenters. The Labute approximate surface area is 176 Å². The van der Waals surface area contributed by atoms with Crippen LogP contribution in [0.25, 0.3) is 11.6 Å². The minimum absolute atomic E-state index is 0.0868. The van der Waals surface area contributed by atoms with Crippen LogP contribution in [0.1, 0.15) is 42.1 Å². The summed E-state index contributed by atoms with van der Waals surface area (Å²) in [6, 6.07) is 18.7. The van der Waals surface area contributed by atoms with Gasteiger partial charge in [-0.25, -0.2) is 9.97 Å². The van der Waals surface area contributed by atoms with Crippen LogP contribution in [0, 0.1) is 13.8 Å². The second kappa shape index (κ2) is 8.06. The van der Waals surface area contributed by atoms with Crippen molar-refractivity contribution in [3.63, 3.8) is 0 Å². The third kappa shape index (κ3) is 4.22. The molecule has 30 heavy (non-hydrogen) atoms. The maximum absolute atomic E-state index is 5.92. The lowest BCUT2D eigenvalue weighted by molar-refractivity contribution is 0.301. The number of aryl methyl sites for hydroxylation is 2. The monoisotopic (exact) mass is 400 g/mol. The van der Waals surface area contributed by atoms with Gasteiger partial charge in [-0.3, -0.25) is 0 Å². The zero-order chi connectivity index (χ0) is 21.1. The lowest BCUT2D eigenvalue weighted by atomic mass is 9.78. The standard InChI is InChI=1S/C24H24N4O2/c1-16-5-7-18(8-6-16)24(3,4)19-9-11-21(12-10-19)29-15-20-13-14-25-22(27-20)23-26-17(2)30-28-23/h5-14H,15H2,1-4H3. The summed E-state index contributed by atoms with van der Waals surface area (Å²) in [7, 11) is 0. The number of benzene rings is 2. The molecule has 152 valence electrons. The normalized spacial score (nSPS) is 11.5. The SMILES string of the molecule is Cc1ccc(C(C)(C)c2ccc(OCc3ccnc(-c4noc(C)n4)n3)cc2)cc1.